The van der Waals surface area contributed by atoms with Crippen LogP contribution in [0.3, 0.4) is 0 Å². The molecule has 0 saturated heterocycles. The van der Waals surface area contributed by atoms with Crippen LogP contribution in [0.2, 0.25) is 0 Å². The minimum atomic E-state index is -3.33. The first-order valence-electron chi connectivity index (χ1n) is 7.16. The first-order chi connectivity index (χ1) is 9.50. The van der Waals surface area contributed by atoms with Crippen molar-refractivity contribution in [3.8, 4) is 0 Å². The third kappa shape index (κ3) is 3.21. The van der Waals surface area contributed by atoms with E-state index in [-0.39, 0.29) is 0 Å². The molecule has 3 nitrogen and oxygen atoms in total. The number of alkyl halides is 1. The third-order valence-corrected chi connectivity index (χ3v) is 7.97. The average molecular weight is 334 g/mol. The number of hydrogen-bond donors (Lipinski definition) is 0. The highest BCUT2D eigenvalue weighted by atomic mass is 35.5. The number of aryl methyl sites for hydroxylation is 1. The minimum absolute atomic E-state index is 0.386. The molecular formula is C14H20ClNO2S2. The molecule has 6 heteroatoms. The molecule has 0 spiro atoms. The van der Waals surface area contributed by atoms with Crippen LogP contribution < -0.4 is 0 Å². The molecular weight excluding hydrogens is 314 g/mol. The van der Waals surface area contributed by atoms with E-state index >= 15 is 0 Å². The van der Waals surface area contributed by atoms with Gasteiger partial charge in [0, 0.05) is 18.0 Å². The van der Waals surface area contributed by atoms with Gasteiger partial charge in [0.2, 0.25) is 0 Å². The van der Waals surface area contributed by atoms with Crippen LogP contribution >= 0.6 is 22.9 Å². The zero-order chi connectivity index (χ0) is 14.3. The fourth-order valence-electron chi connectivity index (χ4n) is 2.32. The molecule has 2 fully saturated rings. The summed E-state index contributed by atoms with van der Waals surface area (Å²) in [4.78, 5) is 0.961. The second-order valence-electron chi connectivity index (χ2n) is 6.01. The van der Waals surface area contributed by atoms with Gasteiger partial charge in [0.1, 0.15) is 4.21 Å². The van der Waals surface area contributed by atoms with Crippen molar-refractivity contribution in [2.45, 2.75) is 42.7 Å². The molecule has 0 amide bonds. The number of halogens is 1. The Hall–Kier alpha value is -0.100. The number of nitrogens with zero attached hydrogens (tertiary/aromatic N) is 1. The van der Waals surface area contributed by atoms with Crippen LogP contribution in [-0.4, -0.2) is 25.8 Å². The number of sulfonamides is 1. The Kier molecular flexibility index (Phi) is 4.15. The van der Waals surface area contributed by atoms with Crippen molar-refractivity contribution in [3.63, 3.8) is 0 Å². The van der Waals surface area contributed by atoms with Crippen molar-refractivity contribution >= 4 is 33.0 Å². The molecule has 2 aliphatic carbocycles. The van der Waals surface area contributed by atoms with E-state index in [1.165, 1.54) is 37.0 Å². The SMILES string of the molecule is Cc1cc(S(=O)(=O)N(CC2CC2)CC2CC2)sc1CCl. The van der Waals surface area contributed by atoms with Gasteiger partial charge in [-0.05, 0) is 56.1 Å². The monoisotopic (exact) mass is 333 g/mol. The van der Waals surface area contributed by atoms with Gasteiger partial charge in [-0.15, -0.1) is 22.9 Å². The van der Waals surface area contributed by atoms with Crippen LogP contribution in [0.15, 0.2) is 10.3 Å². The standard InChI is InChI=1S/C14H20ClNO2S2/c1-10-6-14(19-13(10)7-15)20(17,18)16(8-11-2-3-11)9-12-4-5-12/h6,11-12H,2-5,7-9H2,1H3. The molecule has 0 radical (unpaired) electrons. The van der Waals surface area contributed by atoms with Crippen LogP contribution in [0.25, 0.3) is 0 Å². The lowest BCUT2D eigenvalue weighted by atomic mass is 10.3. The molecule has 0 atom stereocenters. The van der Waals surface area contributed by atoms with Gasteiger partial charge in [-0.2, -0.15) is 4.31 Å². The lowest BCUT2D eigenvalue weighted by Crippen LogP contribution is -2.34. The second-order valence-corrected chi connectivity index (χ2v) is 9.58. The largest absolute Gasteiger partial charge is 0.252 e. The van der Waals surface area contributed by atoms with E-state index in [1.807, 2.05) is 6.92 Å². The van der Waals surface area contributed by atoms with E-state index in [9.17, 15) is 8.42 Å². The summed E-state index contributed by atoms with van der Waals surface area (Å²) in [6.45, 7) is 3.33. The van der Waals surface area contributed by atoms with Gasteiger partial charge < -0.3 is 0 Å². The summed E-state index contributed by atoms with van der Waals surface area (Å²) in [6, 6.07) is 1.78. The topological polar surface area (TPSA) is 37.4 Å². The van der Waals surface area contributed by atoms with Gasteiger partial charge in [-0.1, -0.05) is 0 Å². The maximum atomic E-state index is 12.8. The van der Waals surface area contributed by atoms with E-state index in [0.717, 1.165) is 10.4 Å². The van der Waals surface area contributed by atoms with E-state index in [1.54, 1.807) is 10.4 Å². The molecule has 1 aromatic heterocycles. The van der Waals surface area contributed by atoms with E-state index in [4.69, 9.17) is 11.6 Å². The Morgan fingerprint density at radius 1 is 1.25 bits per heavy atom. The Morgan fingerprint density at radius 2 is 1.80 bits per heavy atom. The third-order valence-electron chi connectivity index (χ3n) is 4.03. The van der Waals surface area contributed by atoms with E-state index in [0.29, 0.717) is 35.0 Å². The number of hydrogen-bond acceptors (Lipinski definition) is 3. The van der Waals surface area contributed by atoms with Gasteiger partial charge in [-0.3, -0.25) is 0 Å². The Morgan fingerprint density at radius 3 is 2.20 bits per heavy atom. The molecule has 1 aromatic rings. The molecule has 2 saturated carbocycles. The Balaban J connectivity index is 1.84. The molecule has 1 heterocycles. The Bertz CT molecular complexity index is 574. The summed E-state index contributed by atoms with van der Waals surface area (Å²) in [6.07, 6.45) is 4.69. The first kappa shape index (κ1) is 14.8. The van der Waals surface area contributed by atoms with E-state index < -0.39 is 10.0 Å². The van der Waals surface area contributed by atoms with Gasteiger partial charge >= 0.3 is 0 Å². The van der Waals surface area contributed by atoms with Gasteiger partial charge in [0.05, 0.1) is 5.88 Å². The average Bonchev–Trinajstić information content (AvgIpc) is 3.30. The van der Waals surface area contributed by atoms with Crippen LogP contribution in [0.5, 0.6) is 0 Å². The van der Waals surface area contributed by atoms with Crippen molar-refractivity contribution < 1.29 is 8.42 Å². The fourth-order valence-corrected chi connectivity index (χ4v) is 5.88. The molecule has 0 bridgehead atoms. The van der Waals surface area contributed by atoms with Crippen molar-refractivity contribution in [2.24, 2.45) is 11.8 Å². The summed E-state index contributed by atoms with van der Waals surface area (Å²) in [5.74, 6) is 1.55. The van der Waals surface area contributed by atoms with Crippen molar-refractivity contribution in [1.29, 1.82) is 0 Å². The molecule has 0 unspecified atom stereocenters. The highest BCUT2D eigenvalue weighted by Crippen LogP contribution is 2.37. The van der Waals surface area contributed by atoms with Crippen molar-refractivity contribution in [3.05, 3.63) is 16.5 Å². The zero-order valence-electron chi connectivity index (χ0n) is 11.6. The summed E-state index contributed by atoms with van der Waals surface area (Å²) < 4.78 is 27.9. The summed E-state index contributed by atoms with van der Waals surface area (Å²) >= 11 is 7.19. The van der Waals surface area contributed by atoms with Crippen LogP contribution in [0.1, 0.15) is 36.1 Å². The quantitative estimate of drug-likeness (QED) is 0.715. The molecule has 2 aliphatic rings. The van der Waals surface area contributed by atoms with Gasteiger partial charge in [0.25, 0.3) is 10.0 Å². The molecule has 0 N–H and O–H groups in total. The second kappa shape index (κ2) is 5.59. The maximum Gasteiger partial charge on any atom is 0.252 e. The van der Waals surface area contributed by atoms with Crippen molar-refractivity contribution in [1.82, 2.24) is 4.31 Å². The Labute approximate surface area is 130 Å². The zero-order valence-corrected chi connectivity index (χ0v) is 14.0. The van der Waals surface area contributed by atoms with Crippen LogP contribution in [0, 0.1) is 18.8 Å². The molecule has 20 heavy (non-hydrogen) atoms. The summed E-state index contributed by atoms with van der Waals surface area (Å²) in [5, 5.41) is 0. The summed E-state index contributed by atoms with van der Waals surface area (Å²) in [7, 11) is -3.33. The molecule has 0 aromatic carbocycles. The smallest absolute Gasteiger partial charge is 0.206 e. The van der Waals surface area contributed by atoms with Gasteiger partial charge in [-0.25, -0.2) is 8.42 Å². The van der Waals surface area contributed by atoms with Crippen molar-refractivity contribution in [2.75, 3.05) is 13.1 Å². The van der Waals surface area contributed by atoms with Crippen LogP contribution in [-0.2, 0) is 15.9 Å². The highest BCUT2D eigenvalue weighted by molar-refractivity contribution is 7.91. The highest BCUT2D eigenvalue weighted by Gasteiger charge is 2.36. The number of rotatable bonds is 7. The maximum absolute atomic E-state index is 12.8. The predicted molar refractivity (Wildman–Crippen MR) is 82.8 cm³/mol. The van der Waals surface area contributed by atoms with E-state index in [2.05, 4.69) is 0 Å². The molecule has 0 aliphatic heterocycles. The lowest BCUT2D eigenvalue weighted by Gasteiger charge is -2.21. The normalized spacial score (nSPS) is 19.8. The minimum Gasteiger partial charge on any atom is -0.206 e. The molecule has 112 valence electrons. The molecule has 3 rings (SSSR count). The summed E-state index contributed by atoms with van der Waals surface area (Å²) in [5.41, 5.74) is 0.987. The van der Waals surface area contributed by atoms with Crippen LogP contribution in [0.4, 0.5) is 0 Å². The first-order valence-corrected chi connectivity index (χ1v) is 9.95. The number of thiophene rings is 1. The van der Waals surface area contributed by atoms with Gasteiger partial charge in [0.15, 0.2) is 0 Å². The fraction of sp³-hybridized carbons (Fsp3) is 0.714. The lowest BCUT2D eigenvalue weighted by molar-refractivity contribution is 0.383. The predicted octanol–water partition coefficient (Wildman–Crippen LogP) is 3.61.